The molecule has 9 nitrogen and oxygen atoms in total. The van der Waals surface area contributed by atoms with Crippen LogP contribution >= 0.6 is 11.6 Å². The van der Waals surface area contributed by atoms with Crippen LogP contribution in [0.5, 0.6) is 0 Å². The van der Waals surface area contributed by atoms with Gasteiger partial charge in [-0.25, -0.2) is 4.79 Å². The number of nitrogens with two attached hydrogens (primary N) is 1. The Morgan fingerprint density at radius 1 is 1.02 bits per heavy atom. The zero-order valence-electron chi connectivity index (χ0n) is 24.4. The molecule has 0 spiro atoms. The average molecular weight is 573 g/mol. The van der Waals surface area contributed by atoms with E-state index in [-0.39, 0.29) is 19.4 Å². The number of halogens is 1. The molecular formula is C30H41ClN4O5. The van der Waals surface area contributed by atoms with Crippen LogP contribution in [0.1, 0.15) is 75.3 Å². The van der Waals surface area contributed by atoms with Gasteiger partial charge < -0.3 is 26.0 Å². The van der Waals surface area contributed by atoms with E-state index < -0.39 is 41.5 Å². The molecule has 40 heavy (non-hydrogen) atoms. The number of rotatable bonds is 11. The van der Waals surface area contributed by atoms with Crippen LogP contribution in [0.15, 0.2) is 36.4 Å². The maximum atomic E-state index is 14.1. The lowest BCUT2D eigenvalue weighted by Gasteiger charge is -2.35. The van der Waals surface area contributed by atoms with E-state index in [4.69, 9.17) is 22.1 Å². The Labute approximate surface area is 241 Å². The minimum Gasteiger partial charge on any atom is -0.444 e. The molecule has 2 aromatic carbocycles. The van der Waals surface area contributed by atoms with Crippen molar-refractivity contribution in [3.8, 4) is 0 Å². The summed E-state index contributed by atoms with van der Waals surface area (Å²) in [6.07, 6.45) is -0.490. The number of carbonyl (C=O) groups excluding carboxylic acids is 4. The average Bonchev–Trinajstić information content (AvgIpc) is 2.84. The van der Waals surface area contributed by atoms with Gasteiger partial charge >= 0.3 is 6.09 Å². The van der Waals surface area contributed by atoms with Crippen molar-refractivity contribution >= 4 is 41.1 Å². The number of nitrogens with zero attached hydrogens (tertiary/aromatic N) is 1. The van der Waals surface area contributed by atoms with Gasteiger partial charge in [0.15, 0.2) is 0 Å². The van der Waals surface area contributed by atoms with Crippen LogP contribution in [-0.4, -0.2) is 46.9 Å². The molecule has 0 aromatic heterocycles. The summed E-state index contributed by atoms with van der Waals surface area (Å²) in [5.41, 5.74) is 8.21. The Hall–Kier alpha value is -3.59. The van der Waals surface area contributed by atoms with Gasteiger partial charge in [0.05, 0.1) is 10.7 Å². The molecule has 0 bridgehead atoms. The molecule has 2 rings (SSSR count). The van der Waals surface area contributed by atoms with Crippen LogP contribution < -0.4 is 16.4 Å². The van der Waals surface area contributed by atoms with Crippen molar-refractivity contribution in [3.05, 3.63) is 63.7 Å². The number of para-hydroxylation sites is 1. The number of primary amides is 1. The normalized spacial score (nSPS) is 12.7. The monoisotopic (exact) mass is 572 g/mol. The first kappa shape index (κ1) is 32.6. The van der Waals surface area contributed by atoms with Gasteiger partial charge in [-0.1, -0.05) is 48.9 Å². The largest absolute Gasteiger partial charge is 0.444 e. The van der Waals surface area contributed by atoms with Gasteiger partial charge in [-0.3, -0.25) is 14.4 Å². The number of alkyl carbamates (subject to hydrolysis) is 1. The fourth-order valence-corrected chi connectivity index (χ4v) is 4.57. The van der Waals surface area contributed by atoms with Gasteiger partial charge in [0.2, 0.25) is 11.8 Å². The van der Waals surface area contributed by atoms with E-state index >= 15 is 0 Å². The summed E-state index contributed by atoms with van der Waals surface area (Å²) in [7, 11) is 0. The van der Waals surface area contributed by atoms with Crippen molar-refractivity contribution < 1.29 is 23.9 Å². The van der Waals surface area contributed by atoms with Crippen molar-refractivity contribution in [2.24, 2.45) is 5.73 Å². The summed E-state index contributed by atoms with van der Waals surface area (Å²) in [4.78, 5) is 53.9. The third-order valence-electron chi connectivity index (χ3n) is 6.39. The maximum Gasteiger partial charge on any atom is 0.408 e. The fraction of sp³-hybridized carbons (Fsp3) is 0.467. The molecule has 4 amide bonds. The van der Waals surface area contributed by atoms with Gasteiger partial charge in [0.1, 0.15) is 17.7 Å². The molecule has 10 heteroatoms. The zero-order chi connectivity index (χ0) is 30.2. The number of benzene rings is 2. The highest BCUT2D eigenvalue weighted by molar-refractivity contribution is 6.34. The second-order valence-electron chi connectivity index (χ2n) is 10.8. The van der Waals surface area contributed by atoms with Gasteiger partial charge in [0, 0.05) is 13.0 Å². The number of ether oxygens (including phenoxy) is 1. The summed E-state index contributed by atoms with van der Waals surface area (Å²) in [6, 6.07) is 8.64. The van der Waals surface area contributed by atoms with Gasteiger partial charge in [-0.2, -0.15) is 0 Å². The number of amides is 4. The van der Waals surface area contributed by atoms with Crippen molar-refractivity contribution in [3.63, 3.8) is 0 Å². The first-order valence-corrected chi connectivity index (χ1v) is 13.7. The van der Waals surface area contributed by atoms with Crippen LogP contribution in [0, 0.1) is 20.8 Å². The molecule has 4 N–H and O–H groups in total. The lowest BCUT2D eigenvalue weighted by Crippen LogP contribution is -2.53. The predicted molar refractivity (Wildman–Crippen MR) is 157 cm³/mol. The van der Waals surface area contributed by atoms with E-state index in [2.05, 4.69) is 10.6 Å². The second kappa shape index (κ2) is 14.2. The van der Waals surface area contributed by atoms with Crippen molar-refractivity contribution in [2.75, 3.05) is 11.9 Å². The lowest BCUT2D eigenvalue weighted by molar-refractivity contribution is -0.141. The standard InChI is InChI=1S/C30H41ClN4O5/c1-8-17-35(28(38)23(15-16-24(32)36)33-29(39)40-30(5,6)7)26(21-13-9-11-18(2)20(21)4)27(37)34-25-19(3)12-10-14-22(25)31/h9-14,23,26H,8,15-17H2,1-7H3,(H2,32,36)(H,33,39)(H,34,37). The van der Waals surface area contributed by atoms with Crippen LogP contribution in [0.25, 0.3) is 0 Å². The van der Waals surface area contributed by atoms with Crippen molar-refractivity contribution in [1.82, 2.24) is 10.2 Å². The Morgan fingerprint density at radius 3 is 2.23 bits per heavy atom. The van der Waals surface area contributed by atoms with Gasteiger partial charge in [0.25, 0.3) is 5.91 Å². The third-order valence-corrected chi connectivity index (χ3v) is 6.70. The number of hydrogen-bond acceptors (Lipinski definition) is 5. The minimum absolute atomic E-state index is 0.0572. The first-order chi connectivity index (χ1) is 18.7. The summed E-state index contributed by atoms with van der Waals surface area (Å²) >= 11 is 6.42. The third kappa shape index (κ3) is 8.98. The van der Waals surface area contributed by atoms with Crippen LogP contribution in [0.3, 0.4) is 0 Å². The molecule has 218 valence electrons. The molecular weight excluding hydrogens is 532 g/mol. The van der Waals surface area contributed by atoms with Crippen LogP contribution in [0.2, 0.25) is 5.02 Å². The van der Waals surface area contributed by atoms with Crippen molar-refractivity contribution in [1.29, 1.82) is 0 Å². The highest BCUT2D eigenvalue weighted by atomic mass is 35.5. The molecule has 0 fully saturated rings. The van der Waals surface area contributed by atoms with Crippen molar-refractivity contribution in [2.45, 2.75) is 85.4 Å². The van der Waals surface area contributed by atoms with Crippen LogP contribution in [-0.2, 0) is 19.1 Å². The molecule has 0 saturated carbocycles. The topological polar surface area (TPSA) is 131 Å². The number of carbonyl (C=O) groups is 4. The quantitative estimate of drug-likeness (QED) is 0.334. The van der Waals surface area contributed by atoms with E-state index in [9.17, 15) is 19.2 Å². The first-order valence-electron chi connectivity index (χ1n) is 13.4. The lowest BCUT2D eigenvalue weighted by atomic mass is 9.94. The smallest absolute Gasteiger partial charge is 0.408 e. The predicted octanol–water partition coefficient (Wildman–Crippen LogP) is 5.34. The number of aryl methyl sites for hydroxylation is 2. The van der Waals surface area contributed by atoms with E-state index in [0.717, 1.165) is 16.7 Å². The Morgan fingerprint density at radius 2 is 1.65 bits per heavy atom. The molecule has 2 unspecified atom stereocenters. The number of nitrogens with one attached hydrogen (secondary N) is 2. The van der Waals surface area contributed by atoms with E-state index in [0.29, 0.717) is 22.7 Å². The molecule has 0 radical (unpaired) electrons. The molecule has 2 atom stereocenters. The zero-order valence-corrected chi connectivity index (χ0v) is 25.1. The Bertz CT molecular complexity index is 1220. The second-order valence-corrected chi connectivity index (χ2v) is 11.3. The minimum atomic E-state index is -1.16. The molecule has 0 aliphatic carbocycles. The Kier molecular flexibility index (Phi) is 11.5. The fourth-order valence-electron chi connectivity index (χ4n) is 4.30. The summed E-state index contributed by atoms with van der Waals surface area (Å²) in [6.45, 7) is 12.8. The van der Waals surface area contributed by atoms with Crippen LogP contribution in [0.4, 0.5) is 10.5 Å². The molecule has 0 saturated heterocycles. The van der Waals surface area contributed by atoms with Gasteiger partial charge in [-0.15, -0.1) is 0 Å². The highest BCUT2D eigenvalue weighted by Gasteiger charge is 2.37. The van der Waals surface area contributed by atoms with E-state index in [1.165, 1.54) is 4.90 Å². The highest BCUT2D eigenvalue weighted by Crippen LogP contribution is 2.31. The van der Waals surface area contributed by atoms with Gasteiger partial charge in [-0.05, 0) is 82.7 Å². The molecule has 0 aliphatic heterocycles. The summed E-state index contributed by atoms with van der Waals surface area (Å²) in [5, 5.41) is 5.89. The number of anilines is 1. The molecule has 2 aromatic rings. The SMILES string of the molecule is CCCN(C(=O)C(CCC(N)=O)NC(=O)OC(C)(C)C)C(C(=O)Nc1c(C)cccc1Cl)c1cccc(C)c1C. The molecule has 0 aliphatic rings. The summed E-state index contributed by atoms with van der Waals surface area (Å²) < 4.78 is 5.37. The maximum absolute atomic E-state index is 14.1. The van der Waals surface area contributed by atoms with E-state index in [1.54, 1.807) is 32.9 Å². The number of hydrogen-bond donors (Lipinski definition) is 3. The Balaban J connectivity index is 2.61. The summed E-state index contributed by atoms with van der Waals surface area (Å²) in [5.74, 6) is -1.62. The molecule has 0 heterocycles. The van der Waals surface area contributed by atoms with E-state index in [1.807, 2.05) is 52.0 Å².